The number of pyridine rings is 1. The second-order valence-electron chi connectivity index (χ2n) is 10.8. The van der Waals surface area contributed by atoms with E-state index in [-0.39, 0.29) is 5.56 Å². The minimum absolute atomic E-state index is 0.379. The fourth-order valence-corrected chi connectivity index (χ4v) is 5.51. The fourth-order valence-electron chi connectivity index (χ4n) is 5.51. The molecule has 0 radical (unpaired) electrons. The predicted octanol–water partition coefficient (Wildman–Crippen LogP) is 6.72. The topological polar surface area (TPSA) is 87.5 Å². The van der Waals surface area contributed by atoms with Crippen molar-refractivity contribution in [3.05, 3.63) is 126 Å². The molecule has 10 heteroatoms. The van der Waals surface area contributed by atoms with Crippen molar-refractivity contribution in [3.63, 3.8) is 0 Å². The van der Waals surface area contributed by atoms with Gasteiger partial charge in [0.1, 0.15) is 17.3 Å². The van der Waals surface area contributed by atoms with E-state index < -0.39 is 17.5 Å². The van der Waals surface area contributed by atoms with Gasteiger partial charge in [0, 0.05) is 42.4 Å². The van der Waals surface area contributed by atoms with Gasteiger partial charge in [-0.2, -0.15) is 0 Å². The van der Waals surface area contributed by atoms with Crippen molar-refractivity contribution in [2.24, 2.45) is 0 Å². The number of hydrogen-bond acceptors (Lipinski definition) is 6. The van der Waals surface area contributed by atoms with E-state index >= 15 is 0 Å². The van der Waals surface area contributed by atoms with Gasteiger partial charge in [-0.1, -0.05) is 24.3 Å². The van der Waals surface area contributed by atoms with Gasteiger partial charge in [0.25, 0.3) is 5.91 Å². The highest BCUT2D eigenvalue weighted by Crippen LogP contribution is 2.34. The molecule has 0 fully saturated rings. The van der Waals surface area contributed by atoms with Crippen molar-refractivity contribution in [2.75, 3.05) is 24.2 Å². The summed E-state index contributed by atoms with van der Waals surface area (Å²) in [5.41, 5.74) is 7.00. The Bertz CT molecular complexity index is 2040. The maximum absolute atomic E-state index is 14.2. The molecule has 218 valence electrons. The number of fused-ring (bicyclic) bond motifs is 2. The zero-order chi connectivity index (χ0) is 30.2. The SMILES string of the molecule is CN1CCc2ccc(Nc3nccc(-c4c(-c5cccc(NC(=O)c6cc(F)ccc6F)c5)nc5ccccn45)n3)cc2C1. The Balaban J connectivity index is 1.23. The number of nitrogens with one attached hydrogen (secondary N) is 2. The fraction of sp³-hybridized carbons (Fsp3) is 0.118. The molecule has 0 atom stereocenters. The number of halogens is 2. The molecule has 3 aromatic heterocycles. The molecular formula is C34H27F2N7O. The van der Waals surface area contributed by atoms with E-state index in [1.165, 1.54) is 11.1 Å². The Morgan fingerprint density at radius 3 is 2.70 bits per heavy atom. The molecule has 4 heterocycles. The lowest BCUT2D eigenvalue weighted by molar-refractivity contribution is 0.102. The van der Waals surface area contributed by atoms with Crippen LogP contribution >= 0.6 is 0 Å². The number of nitrogens with zero attached hydrogens (tertiary/aromatic N) is 5. The Hall–Kier alpha value is -5.48. The van der Waals surface area contributed by atoms with Gasteiger partial charge in [-0.3, -0.25) is 9.20 Å². The molecule has 3 aromatic carbocycles. The van der Waals surface area contributed by atoms with E-state index in [4.69, 9.17) is 9.97 Å². The van der Waals surface area contributed by atoms with E-state index in [0.717, 1.165) is 49.1 Å². The Morgan fingerprint density at radius 2 is 1.80 bits per heavy atom. The van der Waals surface area contributed by atoms with Crippen molar-refractivity contribution in [1.29, 1.82) is 0 Å². The van der Waals surface area contributed by atoms with Crippen LogP contribution < -0.4 is 10.6 Å². The summed E-state index contributed by atoms with van der Waals surface area (Å²) in [5, 5.41) is 6.03. The van der Waals surface area contributed by atoms with Gasteiger partial charge in [-0.25, -0.2) is 23.7 Å². The van der Waals surface area contributed by atoms with Gasteiger partial charge in [0.15, 0.2) is 0 Å². The van der Waals surface area contributed by atoms with E-state index in [1.54, 1.807) is 24.4 Å². The molecule has 0 spiro atoms. The summed E-state index contributed by atoms with van der Waals surface area (Å²) >= 11 is 0. The standard InChI is InChI=1S/C34H27F2N7O/c1-42-16-13-21-8-10-26(18-23(21)20-42)39-34-37-14-12-29(40-34)32-31(41-30-7-2-3-15-43(30)32)22-5-4-6-25(17-22)38-33(44)27-19-24(35)9-11-28(27)36/h2-12,14-15,17-19H,13,16,20H2,1H3,(H,38,44)(H,37,39,40). The zero-order valence-electron chi connectivity index (χ0n) is 23.8. The lowest BCUT2D eigenvalue weighted by Crippen LogP contribution is -2.26. The summed E-state index contributed by atoms with van der Waals surface area (Å²) in [5.74, 6) is -1.81. The first-order valence-corrected chi connectivity index (χ1v) is 14.2. The van der Waals surface area contributed by atoms with Gasteiger partial charge < -0.3 is 15.5 Å². The highest BCUT2D eigenvalue weighted by molar-refractivity contribution is 6.04. The van der Waals surface area contributed by atoms with E-state index in [9.17, 15) is 13.6 Å². The summed E-state index contributed by atoms with van der Waals surface area (Å²) in [6, 6.07) is 23.7. The van der Waals surface area contributed by atoms with Crippen LogP contribution in [0.2, 0.25) is 0 Å². The van der Waals surface area contributed by atoms with Crippen LogP contribution in [-0.4, -0.2) is 43.8 Å². The van der Waals surface area contributed by atoms with Gasteiger partial charge in [-0.05, 0) is 85.3 Å². The number of imidazole rings is 1. The third-order valence-electron chi connectivity index (χ3n) is 7.66. The first kappa shape index (κ1) is 27.4. The quantitative estimate of drug-likeness (QED) is 0.225. The van der Waals surface area contributed by atoms with Crippen LogP contribution in [0.5, 0.6) is 0 Å². The lowest BCUT2D eigenvalue weighted by Gasteiger charge is -2.25. The molecule has 0 bridgehead atoms. The van der Waals surface area contributed by atoms with Gasteiger partial charge in [0.05, 0.1) is 22.6 Å². The molecule has 1 amide bonds. The Morgan fingerprint density at radius 1 is 0.886 bits per heavy atom. The smallest absolute Gasteiger partial charge is 0.258 e. The highest BCUT2D eigenvalue weighted by Gasteiger charge is 2.20. The van der Waals surface area contributed by atoms with Gasteiger partial charge in [-0.15, -0.1) is 0 Å². The third kappa shape index (κ3) is 5.38. The molecule has 0 aliphatic carbocycles. The van der Waals surface area contributed by atoms with Crippen LogP contribution in [0.3, 0.4) is 0 Å². The number of anilines is 3. The van der Waals surface area contributed by atoms with Gasteiger partial charge >= 0.3 is 0 Å². The monoisotopic (exact) mass is 587 g/mol. The summed E-state index contributed by atoms with van der Waals surface area (Å²) in [6.45, 7) is 1.95. The number of benzene rings is 3. The van der Waals surface area contributed by atoms with Gasteiger partial charge in [0.2, 0.25) is 5.95 Å². The average molecular weight is 588 g/mol. The van der Waals surface area contributed by atoms with E-state index in [0.29, 0.717) is 34.2 Å². The molecule has 0 unspecified atom stereocenters. The second kappa shape index (κ2) is 11.3. The molecule has 1 aliphatic rings. The van der Waals surface area contributed by atoms with E-state index in [1.807, 2.05) is 40.9 Å². The van der Waals surface area contributed by atoms with Crippen molar-refractivity contribution in [3.8, 4) is 22.6 Å². The zero-order valence-corrected chi connectivity index (χ0v) is 23.8. The first-order chi connectivity index (χ1) is 21.4. The average Bonchev–Trinajstić information content (AvgIpc) is 3.42. The molecule has 7 rings (SSSR count). The summed E-state index contributed by atoms with van der Waals surface area (Å²) in [6.07, 6.45) is 4.64. The molecule has 6 aromatic rings. The van der Waals surface area contributed by atoms with E-state index in [2.05, 4.69) is 45.8 Å². The number of carbonyl (C=O) groups excluding carboxylic acids is 1. The molecule has 0 saturated heterocycles. The number of hydrogen-bond donors (Lipinski definition) is 2. The van der Waals surface area contributed by atoms with Crippen LogP contribution in [0.25, 0.3) is 28.3 Å². The van der Waals surface area contributed by atoms with Crippen LogP contribution in [0.4, 0.5) is 26.1 Å². The normalized spacial score (nSPS) is 13.1. The molecule has 44 heavy (non-hydrogen) atoms. The number of likely N-dealkylation sites (N-methyl/N-ethyl adjacent to an activating group) is 1. The Labute approximate surface area is 252 Å². The maximum Gasteiger partial charge on any atom is 0.258 e. The van der Waals surface area contributed by atoms with Crippen LogP contribution in [0, 0.1) is 11.6 Å². The largest absolute Gasteiger partial charge is 0.324 e. The molecule has 1 aliphatic heterocycles. The van der Waals surface area contributed by atoms with Crippen molar-refractivity contribution < 1.29 is 13.6 Å². The summed E-state index contributed by atoms with van der Waals surface area (Å²) < 4.78 is 29.9. The van der Waals surface area contributed by atoms with Crippen molar-refractivity contribution >= 4 is 28.9 Å². The molecule has 2 N–H and O–H groups in total. The molecule has 0 saturated carbocycles. The molecular weight excluding hydrogens is 560 g/mol. The predicted molar refractivity (Wildman–Crippen MR) is 166 cm³/mol. The van der Waals surface area contributed by atoms with Crippen molar-refractivity contribution in [1.82, 2.24) is 24.3 Å². The minimum Gasteiger partial charge on any atom is -0.324 e. The number of aromatic nitrogens is 4. The summed E-state index contributed by atoms with van der Waals surface area (Å²) in [7, 11) is 2.12. The lowest BCUT2D eigenvalue weighted by atomic mass is 9.99. The third-order valence-corrected chi connectivity index (χ3v) is 7.66. The van der Waals surface area contributed by atoms with Crippen LogP contribution in [-0.2, 0) is 13.0 Å². The minimum atomic E-state index is -0.807. The number of rotatable bonds is 6. The maximum atomic E-state index is 14.2. The van der Waals surface area contributed by atoms with Crippen LogP contribution in [0.1, 0.15) is 21.5 Å². The number of carbonyl (C=O) groups is 1. The Kier molecular flexibility index (Phi) is 7.03. The van der Waals surface area contributed by atoms with Crippen LogP contribution in [0.15, 0.2) is 97.3 Å². The number of amides is 1. The first-order valence-electron chi connectivity index (χ1n) is 14.2. The second-order valence-corrected chi connectivity index (χ2v) is 10.8. The summed E-state index contributed by atoms with van der Waals surface area (Å²) in [4.78, 5) is 29.3. The highest BCUT2D eigenvalue weighted by atomic mass is 19.1. The molecule has 8 nitrogen and oxygen atoms in total. The van der Waals surface area contributed by atoms with Crippen molar-refractivity contribution in [2.45, 2.75) is 13.0 Å².